The normalized spacial score (nSPS) is 7.11. The minimum absolute atomic E-state index is 0. The summed E-state index contributed by atoms with van der Waals surface area (Å²) in [7, 11) is 0. The Bertz CT molecular complexity index is 300. The summed E-state index contributed by atoms with van der Waals surface area (Å²) in [6.45, 7) is 0. The maximum Gasteiger partial charge on any atom is 0 e. The van der Waals surface area contributed by atoms with Crippen molar-refractivity contribution < 1.29 is 37.1 Å². The van der Waals surface area contributed by atoms with Crippen LogP contribution in [0.3, 0.4) is 0 Å². The van der Waals surface area contributed by atoms with Crippen LogP contribution < -0.4 is 0 Å². The molecule has 96 valence electrons. The van der Waals surface area contributed by atoms with Crippen molar-refractivity contribution in [3.8, 4) is 0 Å². The smallest absolute Gasteiger partial charge is 0 e. The fourth-order valence-electron chi connectivity index (χ4n) is 1.03. The predicted octanol–water partition coefficient (Wildman–Crippen LogP) is 4.49. The zero-order valence-corrected chi connectivity index (χ0v) is 12.9. The van der Waals surface area contributed by atoms with Gasteiger partial charge in [-0.2, -0.15) is 18.2 Å². The summed E-state index contributed by atoms with van der Waals surface area (Å²) in [5.41, 5.74) is 0. The van der Waals surface area contributed by atoms with Crippen LogP contribution in [0.4, 0.5) is 0 Å². The number of rotatable bonds is 0. The summed E-state index contributed by atoms with van der Waals surface area (Å²) in [4.78, 5) is 0. The van der Waals surface area contributed by atoms with E-state index in [2.05, 4.69) is 0 Å². The van der Waals surface area contributed by atoms with Gasteiger partial charge in [-0.15, -0.1) is 0 Å². The third-order valence-electron chi connectivity index (χ3n) is 1.78. The molecule has 3 aromatic rings. The number of benzene rings is 1. The Morgan fingerprint density at radius 2 is 0.667 bits per heavy atom. The van der Waals surface area contributed by atoms with Gasteiger partial charge in [0.15, 0.2) is 0 Å². The maximum absolute atomic E-state index is 2.00. The minimum atomic E-state index is 0. The zero-order valence-electron chi connectivity index (χ0n) is 10.1. The van der Waals surface area contributed by atoms with Crippen molar-refractivity contribution in [1.82, 2.24) is 0 Å². The van der Waals surface area contributed by atoms with E-state index in [0.29, 0.717) is 0 Å². The van der Waals surface area contributed by atoms with Gasteiger partial charge in [0.25, 0.3) is 0 Å². The van der Waals surface area contributed by atoms with Crippen LogP contribution in [0.5, 0.6) is 0 Å². The van der Waals surface area contributed by atoms with Crippen molar-refractivity contribution in [1.29, 1.82) is 0 Å². The van der Waals surface area contributed by atoms with Gasteiger partial charge in [0.2, 0.25) is 0 Å². The second-order valence-electron chi connectivity index (χ2n) is 3.08. The SMILES string of the molecule is [V].[V].[cH-]1[cH-][cH-][cH-][cH-]1.c1cc[cH-]c1.c1ccccc1. The number of hydrogen-bond acceptors (Lipinski definition) is 0. The van der Waals surface area contributed by atoms with Gasteiger partial charge in [-0.25, -0.2) is 12.1 Å². The van der Waals surface area contributed by atoms with E-state index >= 15 is 0 Å². The molecule has 2 radical (unpaired) electrons. The van der Waals surface area contributed by atoms with Crippen molar-refractivity contribution in [2.45, 2.75) is 0 Å². The summed E-state index contributed by atoms with van der Waals surface area (Å²) in [5, 5.41) is 0. The van der Waals surface area contributed by atoms with Crippen LogP contribution in [0.15, 0.2) is 97.1 Å². The molecule has 0 aliphatic heterocycles. The third-order valence-corrected chi connectivity index (χ3v) is 1.78. The summed E-state index contributed by atoms with van der Waals surface area (Å²) in [6.07, 6.45) is 0. The van der Waals surface area contributed by atoms with Crippen molar-refractivity contribution in [2.75, 3.05) is 0 Å². The van der Waals surface area contributed by atoms with Gasteiger partial charge in [-0.1, -0.05) is 36.4 Å². The first-order chi connectivity index (χ1) is 8.00. The largest absolute Gasteiger partial charge is 0.748 e. The fraction of sp³-hybridized carbons (Fsp3) is 0. The van der Waals surface area contributed by atoms with E-state index in [4.69, 9.17) is 0 Å². The molecular formula is C16H16V2-6. The average molecular weight is 310 g/mol. The van der Waals surface area contributed by atoms with Gasteiger partial charge in [0.1, 0.15) is 0 Å². The van der Waals surface area contributed by atoms with Gasteiger partial charge >= 0.3 is 0 Å². The van der Waals surface area contributed by atoms with Crippen LogP contribution in [0.2, 0.25) is 0 Å². The molecule has 0 nitrogen and oxygen atoms in total. The molecule has 3 aromatic carbocycles. The van der Waals surface area contributed by atoms with E-state index in [9.17, 15) is 0 Å². The van der Waals surface area contributed by atoms with E-state index in [1.807, 2.05) is 97.1 Å². The molecule has 0 N–H and O–H groups in total. The van der Waals surface area contributed by atoms with Crippen LogP contribution in [0.1, 0.15) is 0 Å². The molecule has 0 aliphatic carbocycles. The van der Waals surface area contributed by atoms with Gasteiger partial charge in [-0.05, 0) is 0 Å². The number of hydrogen-bond donors (Lipinski definition) is 0. The first kappa shape index (κ1) is 19.4. The second-order valence-corrected chi connectivity index (χ2v) is 3.08. The van der Waals surface area contributed by atoms with E-state index in [1.54, 1.807) is 0 Å². The Kier molecular flexibility index (Phi) is 17.4. The molecule has 0 saturated carbocycles. The van der Waals surface area contributed by atoms with Crippen LogP contribution >= 0.6 is 0 Å². The monoisotopic (exact) mass is 310 g/mol. The average Bonchev–Trinajstić information content (AvgIpc) is 3.10. The Morgan fingerprint density at radius 1 is 0.389 bits per heavy atom. The van der Waals surface area contributed by atoms with Crippen LogP contribution in [0.25, 0.3) is 0 Å². The van der Waals surface area contributed by atoms with Gasteiger partial charge in [0, 0.05) is 37.1 Å². The molecule has 2 heteroatoms. The third kappa shape index (κ3) is 13.2. The molecular weight excluding hydrogens is 294 g/mol. The molecule has 0 fully saturated rings. The molecule has 3 rings (SSSR count). The van der Waals surface area contributed by atoms with Crippen molar-refractivity contribution in [2.24, 2.45) is 0 Å². The van der Waals surface area contributed by atoms with Crippen molar-refractivity contribution in [3.05, 3.63) is 97.1 Å². The van der Waals surface area contributed by atoms with Crippen LogP contribution in [-0.2, 0) is 37.1 Å². The summed E-state index contributed by atoms with van der Waals surface area (Å²) >= 11 is 0. The van der Waals surface area contributed by atoms with Crippen molar-refractivity contribution in [3.63, 3.8) is 0 Å². The topological polar surface area (TPSA) is 0 Å². The van der Waals surface area contributed by atoms with E-state index < -0.39 is 0 Å². The first-order valence-corrected chi connectivity index (χ1v) is 5.33. The van der Waals surface area contributed by atoms with E-state index in [1.165, 1.54) is 0 Å². The molecule has 18 heavy (non-hydrogen) atoms. The molecule has 0 aromatic heterocycles. The Labute approximate surface area is 134 Å². The Morgan fingerprint density at radius 3 is 0.833 bits per heavy atom. The molecule has 0 bridgehead atoms. The molecule has 0 heterocycles. The van der Waals surface area contributed by atoms with Gasteiger partial charge < -0.3 is 30.3 Å². The molecule has 0 saturated heterocycles. The van der Waals surface area contributed by atoms with Crippen molar-refractivity contribution >= 4 is 0 Å². The molecule has 0 spiro atoms. The minimum Gasteiger partial charge on any atom is -0.748 e. The standard InChI is InChI=1S/C6H6.2C5H5.2V/c1-2-4-6-5-3-1;2*1-2-4-5-3-1;;/h1-6H;2*1-5H;;/q;-5;-1;;. The molecule has 0 aliphatic rings. The first-order valence-electron chi connectivity index (χ1n) is 5.33. The summed E-state index contributed by atoms with van der Waals surface area (Å²) in [6, 6.07) is 32.0. The fourth-order valence-corrected chi connectivity index (χ4v) is 1.03. The second kappa shape index (κ2) is 16.1. The quantitative estimate of drug-likeness (QED) is 0.537. The van der Waals surface area contributed by atoms with Gasteiger partial charge in [0.05, 0.1) is 0 Å². The molecule has 0 unspecified atom stereocenters. The Hall–Kier alpha value is -0.911. The van der Waals surface area contributed by atoms with E-state index in [0.717, 1.165) is 0 Å². The molecule has 0 atom stereocenters. The zero-order chi connectivity index (χ0) is 11.3. The maximum atomic E-state index is 2.00. The van der Waals surface area contributed by atoms with E-state index in [-0.39, 0.29) is 37.1 Å². The summed E-state index contributed by atoms with van der Waals surface area (Å²) < 4.78 is 0. The van der Waals surface area contributed by atoms with Gasteiger partial charge in [-0.3, -0.25) is 0 Å². The molecule has 0 amide bonds. The predicted molar refractivity (Wildman–Crippen MR) is 70.5 cm³/mol. The van der Waals surface area contributed by atoms with Crippen LogP contribution in [0, 0.1) is 0 Å². The Balaban J connectivity index is 0. The summed E-state index contributed by atoms with van der Waals surface area (Å²) in [5.74, 6) is 0. The van der Waals surface area contributed by atoms with Crippen LogP contribution in [-0.4, -0.2) is 0 Å².